The molecule has 1 rings (SSSR count). The molecule has 0 spiro atoms. The van der Waals surface area contributed by atoms with E-state index in [2.05, 4.69) is 30.9 Å². The van der Waals surface area contributed by atoms with Crippen molar-refractivity contribution in [3.8, 4) is 0 Å². The maximum Gasteiger partial charge on any atom is 0.212 e. The summed E-state index contributed by atoms with van der Waals surface area (Å²) in [7, 11) is -4.90. The van der Waals surface area contributed by atoms with Crippen molar-refractivity contribution in [1.29, 1.82) is 0 Å². The van der Waals surface area contributed by atoms with Crippen molar-refractivity contribution in [2.75, 3.05) is 5.75 Å². The first kappa shape index (κ1) is 17.8. The fourth-order valence-corrected chi connectivity index (χ4v) is 6.04. The molecule has 1 N–H and O–H groups in total. The molecule has 116 valence electrons. The summed E-state index contributed by atoms with van der Waals surface area (Å²) in [5, 5.41) is 0. The van der Waals surface area contributed by atoms with Crippen molar-refractivity contribution in [2.24, 2.45) is 0 Å². The van der Waals surface area contributed by atoms with Gasteiger partial charge in [0, 0.05) is 13.6 Å². The van der Waals surface area contributed by atoms with Crippen molar-refractivity contribution in [1.82, 2.24) is 4.72 Å². The predicted molar refractivity (Wildman–Crippen MR) is 89.5 cm³/mol. The number of sulfonamides is 1. The van der Waals surface area contributed by atoms with E-state index < -0.39 is 24.1 Å². The van der Waals surface area contributed by atoms with Gasteiger partial charge >= 0.3 is 0 Å². The minimum Gasteiger partial charge on any atom is -0.298 e. The standard InChI is InChI=1S/C15H23NO3SSi/c1-13(12-17)15(14-8-6-5-7-9-14)16-20(18,19)10-11-21(2,3)4/h5-9,12,15-16H,1,10-11H2,2-4H3/t15-/m1/s1. The quantitative estimate of drug-likeness (QED) is 0.454. The molecule has 1 aromatic rings. The predicted octanol–water partition coefficient (Wildman–Crippen LogP) is 2.74. The van der Waals surface area contributed by atoms with E-state index in [4.69, 9.17) is 0 Å². The summed E-state index contributed by atoms with van der Waals surface area (Å²) >= 11 is 0. The van der Waals surface area contributed by atoms with E-state index in [-0.39, 0.29) is 11.3 Å². The fourth-order valence-electron chi connectivity index (χ4n) is 1.75. The molecular formula is C15H23NO3SSi. The molecule has 0 fully saturated rings. The van der Waals surface area contributed by atoms with E-state index in [1.807, 2.05) is 6.07 Å². The lowest BCUT2D eigenvalue weighted by Crippen LogP contribution is -2.34. The lowest BCUT2D eigenvalue weighted by atomic mass is 10.0. The minimum atomic E-state index is -3.45. The van der Waals surface area contributed by atoms with E-state index >= 15 is 0 Å². The third kappa shape index (κ3) is 6.37. The molecule has 21 heavy (non-hydrogen) atoms. The highest BCUT2D eigenvalue weighted by atomic mass is 32.2. The van der Waals surface area contributed by atoms with Gasteiger partial charge in [-0.05, 0) is 11.6 Å². The zero-order valence-corrected chi connectivity index (χ0v) is 14.6. The van der Waals surface area contributed by atoms with Crippen LogP contribution in [0.3, 0.4) is 0 Å². The van der Waals surface area contributed by atoms with Gasteiger partial charge in [0.2, 0.25) is 10.0 Å². The lowest BCUT2D eigenvalue weighted by Gasteiger charge is -2.21. The number of aldehydes is 1. The molecule has 0 aromatic heterocycles. The molecule has 6 heteroatoms. The molecule has 1 atom stereocenters. The van der Waals surface area contributed by atoms with Crippen LogP contribution < -0.4 is 4.72 Å². The maximum atomic E-state index is 12.2. The van der Waals surface area contributed by atoms with Gasteiger partial charge in [-0.2, -0.15) is 0 Å². The Labute approximate surface area is 128 Å². The van der Waals surface area contributed by atoms with Crippen LogP contribution in [0.1, 0.15) is 11.6 Å². The number of benzene rings is 1. The molecule has 0 saturated heterocycles. The molecular weight excluding hydrogens is 302 g/mol. The smallest absolute Gasteiger partial charge is 0.212 e. The van der Waals surface area contributed by atoms with Crippen LogP contribution in [-0.2, 0) is 14.8 Å². The first-order chi connectivity index (χ1) is 9.64. The van der Waals surface area contributed by atoms with Crippen LogP contribution in [0, 0.1) is 0 Å². The van der Waals surface area contributed by atoms with Crippen LogP contribution >= 0.6 is 0 Å². The monoisotopic (exact) mass is 325 g/mol. The zero-order valence-electron chi connectivity index (χ0n) is 12.8. The average molecular weight is 326 g/mol. The number of nitrogens with one attached hydrogen (secondary N) is 1. The van der Waals surface area contributed by atoms with Crippen LogP contribution in [0.25, 0.3) is 0 Å². The van der Waals surface area contributed by atoms with Gasteiger partial charge in [0.1, 0.15) is 6.29 Å². The highest BCUT2D eigenvalue weighted by Gasteiger charge is 2.24. The lowest BCUT2D eigenvalue weighted by molar-refractivity contribution is -0.105. The van der Waals surface area contributed by atoms with Crippen LogP contribution in [0.15, 0.2) is 42.5 Å². The second-order valence-corrected chi connectivity index (χ2v) is 13.8. The average Bonchev–Trinajstić information content (AvgIpc) is 2.42. The largest absolute Gasteiger partial charge is 0.298 e. The van der Waals surface area contributed by atoms with Crippen molar-refractivity contribution >= 4 is 24.4 Å². The third-order valence-corrected chi connectivity index (χ3v) is 6.52. The Balaban J connectivity index is 2.92. The van der Waals surface area contributed by atoms with E-state index in [1.54, 1.807) is 24.3 Å². The number of hydrogen-bond acceptors (Lipinski definition) is 3. The Morgan fingerprint density at radius 1 is 1.29 bits per heavy atom. The molecule has 0 aliphatic rings. The SMILES string of the molecule is C=C(C=O)[C@@H](NS(=O)(=O)CC[Si](C)(C)C)c1ccccc1. The topological polar surface area (TPSA) is 63.2 Å². The molecule has 0 saturated carbocycles. The molecule has 1 aromatic carbocycles. The molecule has 4 nitrogen and oxygen atoms in total. The second kappa shape index (κ2) is 7.15. The molecule has 0 aliphatic carbocycles. The molecule has 0 unspecified atom stereocenters. The Kier molecular flexibility index (Phi) is 6.06. The third-order valence-electron chi connectivity index (χ3n) is 3.07. The van der Waals surface area contributed by atoms with Crippen LogP contribution in [0.4, 0.5) is 0 Å². The van der Waals surface area contributed by atoms with Crippen molar-refractivity contribution in [3.05, 3.63) is 48.0 Å². The summed E-state index contributed by atoms with van der Waals surface area (Å²) in [6, 6.07) is 8.98. The number of hydrogen-bond donors (Lipinski definition) is 1. The molecule has 0 aliphatic heterocycles. The zero-order chi connectivity index (χ0) is 16.1. The maximum absolute atomic E-state index is 12.2. The highest BCUT2D eigenvalue weighted by molar-refractivity contribution is 7.89. The van der Waals surface area contributed by atoms with Crippen molar-refractivity contribution < 1.29 is 13.2 Å². The molecule has 0 bridgehead atoms. The Bertz CT molecular complexity index is 591. The van der Waals surface area contributed by atoms with E-state index in [1.165, 1.54) is 0 Å². The van der Waals surface area contributed by atoms with Gasteiger partial charge < -0.3 is 0 Å². The first-order valence-electron chi connectivity index (χ1n) is 6.83. The summed E-state index contributed by atoms with van der Waals surface area (Å²) < 4.78 is 27.1. The van der Waals surface area contributed by atoms with E-state index in [0.29, 0.717) is 17.9 Å². The summed E-state index contributed by atoms with van der Waals surface area (Å²) in [4.78, 5) is 11.0. The van der Waals surface area contributed by atoms with Gasteiger partial charge in [-0.3, -0.25) is 4.79 Å². The van der Waals surface area contributed by atoms with Crippen LogP contribution in [0.5, 0.6) is 0 Å². The van der Waals surface area contributed by atoms with Gasteiger partial charge in [0.05, 0.1) is 11.8 Å². The van der Waals surface area contributed by atoms with Gasteiger partial charge in [-0.15, -0.1) is 0 Å². The summed E-state index contributed by atoms with van der Waals surface area (Å²) in [5.41, 5.74) is 0.920. The summed E-state index contributed by atoms with van der Waals surface area (Å²) in [6.07, 6.45) is 0.596. The highest BCUT2D eigenvalue weighted by Crippen LogP contribution is 2.21. The first-order valence-corrected chi connectivity index (χ1v) is 12.2. The Morgan fingerprint density at radius 2 is 1.86 bits per heavy atom. The molecule has 0 radical (unpaired) electrons. The Morgan fingerprint density at radius 3 is 2.33 bits per heavy atom. The Hall–Kier alpha value is -1.24. The van der Waals surface area contributed by atoms with Gasteiger partial charge in [0.15, 0.2) is 0 Å². The van der Waals surface area contributed by atoms with Gasteiger partial charge in [0.25, 0.3) is 0 Å². The number of carbonyl (C=O) groups excluding carboxylic acids is 1. The van der Waals surface area contributed by atoms with E-state index in [0.717, 1.165) is 0 Å². The van der Waals surface area contributed by atoms with Gasteiger partial charge in [-0.1, -0.05) is 56.6 Å². The number of rotatable bonds is 8. The van der Waals surface area contributed by atoms with Crippen LogP contribution in [0.2, 0.25) is 25.7 Å². The fraction of sp³-hybridized carbons (Fsp3) is 0.400. The normalized spacial score (nSPS) is 13.7. The van der Waals surface area contributed by atoms with Gasteiger partial charge in [-0.25, -0.2) is 13.1 Å². The number of carbonyl (C=O) groups is 1. The molecule has 0 heterocycles. The molecule has 0 amide bonds. The van der Waals surface area contributed by atoms with Crippen molar-refractivity contribution in [3.63, 3.8) is 0 Å². The van der Waals surface area contributed by atoms with Crippen LogP contribution in [-0.4, -0.2) is 28.5 Å². The van der Waals surface area contributed by atoms with Crippen molar-refractivity contribution in [2.45, 2.75) is 31.7 Å². The van der Waals surface area contributed by atoms with E-state index in [9.17, 15) is 13.2 Å². The second-order valence-electron chi connectivity index (χ2n) is 6.28. The minimum absolute atomic E-state index is 0.0815. The summed E-state index contributed by atoms with van der Waals surface area (Å²) in [6.45, 7) is 10.0. The summed E-state index contributed by atoms with van der Waals surface area (Å²) in [5.74, 6) is 0.0815.